The summed E-state index contributed by atoms with van der Waals surface area (Å²) in [5.41, 5.74) is 2.94. The number of amidine groups is 1. The van der Waals surface area contributed by atoms with Gasteiger partial charge in [-0.3, -0.25) is 10.7 Å². The molecule has 15 heavy (non-hydrogen) atoms. The zero-order valence-electron chi connectivity index (χ0n) is 8.30. The van der Waals surface area contributed by atoms with E-state index in [4.69, 9.17) is 9.94 Å². The van der Waals surface area contributed by atoms with Gasteiger partial charge in [-0.25, -0.2) is 4.99 Å². The number of hydroxylamine groups is 1. The van der Waals surface area contributed by atoms with Gasteiger partial charge in [0.25, 0.3) is 0 Å². The van der Waals surface area contributed by atoms with Gasteiger partial charge in [-0.2, -0.15) is 0 Å². The Morgan fingerprint density at radius 2 is 2.33 bits per heavy atom. The zero-order valence-corrected chi connectivity index (χ0v) is 9.12. The second-order valence-corrected chi connectivity index (χ2v) is 4.33. The maximum atomic E-state index is 8.91. The maximum Gasteiger partial charge on any atom is 0.129 e. The summed E-state index contributed by atoms with van der Waals surface area (Å²) in [4.78, 5) is 5.37. The van der Waals surface area contributed by atoms with Gasteiger partial charge in [0.1, 0.15) is 11.3 Å². The fourth-order valence-electron chi connectivity index (χ4n) is 1.38. The van der Waals surface area contributed by atoms with Crippen LogP contribution in [0.5, 0.6) is 0 Å². The smallest absolute Gasteiger partial charge is 0.129 e. The van der Waals surface area contributed by atoms with E-state index in [1.165, 1.54) is 0 Å². The molecule has 1 aromatic carbocycles. The molecule has 0 bridgehead atoms. The Morgan fingerprint density at radius 3 is 3.07 bits per heavy atom. The molecular formula is C10H12N2O2S. The molecule has 5 heteroatoms. The molecule has 0 radical (unpaired) electrons. The highest BCUT2D eigenvalue weighted by molar-refractivity contribution is 8.00. The van der Waals surface area contributed by atoms with Gasteiger partial charge in [-0.15, -0.1) is 0 Å². The van der Waals surface area contributed by atoms with Crippen molar-refractivity contribution in [2.45, 2.75) is 16.8 Å². The molecular weight excluding hydrogens is 212 g/mol. The zero-order chi connectivity index (χ0) is 10.7. The topological polar surface area (TPSA) is 53.8 Å². The summed E-state index contributed by atoms with van der Waals surface area (Å²) in [7, 11) is 1.65. The molecule has 0 amide bonds. The van der Waals surface area contributed by atoms with Crippen LogP contribution in [-0.2, 0) is 4.74 Å². The van der Waals surface area contributed by atoms with Gasteiger partial charge in [-0.1, -0.05) is 23.9 Å². The number of nitrogens with one attached hydrogen (secondary N) is 1. The van der Waals surface area contributed by atoms with Crippen LogP contribution in [0.15, 0.2) is 34.2 Å². The minimum atomic E-state index is -0.0212. The van der Waals surface area contributed by atoms with Crippen molar-refractivity contribution in [2.24, 2.45) is 4.99 Å². The van der Waals surface area contributed by atoms with Crippen LogP contribution in [0, 0.1) is 0 Å². The summed E-state index contributed by atoms with van der Waals surface area (Å²) in [6, 6.07) is 7.80. The van der Waals surface area contributed by atoms with E-state index in [2.05, 4.69) is 10.5 Å². The van der Waals surface area contributed by atoms with Crippen LogP contribution in [0.3, 0.4) is 0 Å². The second kappa shape index (κ2) is 4.65. The highest BCUT2D eigenvalue weighted by atomic mass is 32.2. The second-order valence-electron chi connectivity index (χ2n) is 3.13. The van der Waals surface area contributed by atoms with Gasteiger partial charge in [0, 0.05) is 18.4 Å². The van der Waals surface area contributed by atoms with Crippen molar-refractivity contribution in [1.29, 1.82) is 0 Å². The number of methoxy groups -OCH3 is 1. The Labute approximate surface area is 92.3 Å². The Morgan fingerprint density at radius 1 is 1.53 bits per heavy atom. The van der Waals surface area contributed by atoms with Crippen molar-refractivity contribution in [2.75, 3.05) is 7.11 Å². The number of aliphatic imine (C=N–C) groups is 1. The van der Waals surface area contributed by atoms with E-state index >= 15 is 0 Å². The monoisotopic (exact) mass is 224 g/mol. The van der Waals surface area contributed by atoms with Gasteiger partial charge in [0.15, 0.2) is 0 Å². The van der Waals surface area contributed by atoms with E-state index < -0.39 is 0 Å². The summed E-state index contributed by atoms with van der Waals surface area (Å²) in [6.07, 6.45) is 0.562. The van der Waals surface area contributed by atoms with Crippen LogP contribution in [-0.4, -0.2) is 23.6 Å². The molecule has 0 aliphatic carbocycles. The van der Waals surface area contributed by atoms with E-state index in [1.54, 1.807) is 18.9 Å². The third-order valence-corrected chi connectivity index (χ3v) is 3.35. The number of benzene rings is 1. The van der Waals surface area contributed by atoms with E-state index in [-0.39, 0.29) is 5.44 Å². The molecule has 1 aromatic rings. The molecule has 0 aromatic heterocycles. The van der Waals surface area contributed by atoms with E-state index in [9.17, 15) is 0 Å². The van der Waals surface area contributed by atoms with Crippen molar-refractivity contribution in [1.82, 2.24) is 5.48 Å². The van der Waals surface area contributed by atoms with Gasteiger partial charge in [0.05, 0.1) is 5.69 Å². The molecule has 4 nitrogen and oxygen atoms in total. The molecule has 1 aliphatic heterocycles. The lowest BCUT2D eigenvalue weighted by atomic mass is 10.3. The first kappa shape index (κ1) is 10.5. The molecule has 0 saturated heterocycles. The molecule has 2 N–H and O–H groups in total. The lowest BCUT2D eigenvalue weighted by Crippen LogP contribution is -2.23. The van der Waals surface area contributed by atoms with Crippen LogP contribution in [0.2, 0.25) is 0 Å². The van der Waals surface area contributed by atoms with E-state index in [1.807, 2.05) is 24.3 Å². The largest absolute Gasteiger partial charge is 0.370 e. The van der Waals surface area contributed by atoms with Crippen LogP contribution >= 0.6 is 11.8 Å². The molecule has 1 aliphatic rings. The highest BCUT2D eigenvalue weighted by Crippen LogP contribution is 2.36. The molecule has 1 atom stereocenters. The SMILES string of the molecule is COC1CC(NO)=Nc2ccccc2S1. The Balaban J connectivity index is 2.37. The standard InChI is InChI=1S/C10H12N2O2S/c1-14-10-6-9(12-13)11-7-4-2-3-5-8(7)15-10/h2-5,10,13H,6H2,1H3,(H,11,12). The molecule has 1 heterocycles. The van der Waals surface area contributed by atoms with E-state index in [0.717, 1.165) is 10.6 Å². The molecule has 0 spiro atoms. The van der Waals surface area contributed by atoms with Crippen molar-refractivity contribution in [3.63, 3.8) is 0 Å². The first-order valence-electron chi connectivity index (χ1n) is 4.59. The summed E-state index contributed by atoms with van der Waals surface area (Å²) in [5, 5.41) is 8.91. The van der Waals surface area contributed by atoms with Crippen molar-refractivity contribution in [3.8, 4) is 0 Å². The number of ether oxygens (including phenoxy) is 1. The third kappa shape index (κ3) is 2.31. The predicted octanol–water partition coefficient (Wildman–Crippen LogP) is 2.16. The van der Waals surface area contributed by atoms with Crippen LogP contribution in [0.1, 0.15) is 6.42 Å². The van der Waals surface area contributed by atoms with Gasteiger partial charge >= 0.3 is 0 Å². The minimum absolute atomic E-state index is 0.0212. The minimum Gasteiger partial charge on any atom is -0.370 e. The van der Waals surface area contributed by atoms with Gasteiger partial charge in [0.2, 0.25) is 0 Å². The Bertz CT molecular complexity index is 381. The van der Waals surface area contributed by atoms with E-state index in [0.29, 0.717) is 12.3 Å². The predicted molar refractivity (Wildman–Crippen MR) is 59.7 cm³/mol. The Kier molecular flexibility index (Phi) is 3.25. The number of thioether (sulfide) groups is 1. The average molecular weight is 224 g/mol. The lowest BCUT2D eigenvalue weighted by Gasteiger charge is -2.12. The molecule has 80 valence electrons. The van der Waals surface area contributed by atoms with Crippen molar-refractivity contribution >= 4 is 23.3 Å². The number of rotatable bonds is 1. The number of hydrogen-bond donors (Lipinski definition) is 2. The highest BCUT2D eigenvalue weighted by Gasteiger charge is 2.18. The normalized spacial score (nSPS) is 20.1. The van der Waals surface area contributed by atoms with Crippen molar-refractivity contribution < 1.29 is 9.94 Å². The fourth-order valence-corrected chi connectivity index (χ4v) is 2.40. The summed E-state index contributed by atoms with van der Waals surface area (Å²) < 4.78 is 5.29. The summed E-state index contributed by atoms with van der Waals surface area (Å²) >= 11 is 1.61. The van der Waals surface area contributed by atoms with Crippen LogP contribution in [0.25, 0.3) is 0 Å². The molecule has 0 saturated carbocycles. The number of fused-ring (bicyclic) bond motifs is 1. The fraction of sp³-hybridized carbons (Fsp3) is 0.300. The van der Waals surface area contributed by atoms with Gasteiger partial charge in [-0.05, 0) is 12.1 Å². The number of para-hydroxylation sites is 1. The lowest BCUT2D eigenvalue weighted by molar-refractivity contribution is 0.171. The maximum absolute atomic E-state index is 8.91. The molecule has 0 fully saturated rings. The van der Waals surface area contributed by atoms with Gasteiger partial charge < -0.3 is 4.74 Å². The summed E-state index contributed by atoms with van der Waals surface area (Å²) in [5.74, 6) is 0.527. The third-order valence-electron chi connectivity index (χ3n) is 2.13. The molecule has 1 unspecified atom stereocenters. The van der Waals surface area contributed by atoms with Crippen LogP contribution in [0.4, 0.5) is 5.69 Å². The quantitative estimate of drug-likeness (QED) is 0.718. The van der Waals surface area contributed by atoms with Crippen molar-refractivity contribution in [3.05, 3.63) is 24.3 Å². The molecule has 2 rings (SSSR count). The van der Waals surface area contributed by atoms with Crippen LogP contribution < -0.4 is 5.48 Å². The number of hydrogen-bond acceptors (Lipinski definition) is 5. The average Bonchev–Trinajstić information content (AvgIpc) is 2.47. The number of nitrogens with zero attached hydrogens (tertiary/aromatic N) is 1. The first-order valence-corrected chi connectivity index (χ1v) is 5.47. The first-order chi connectivity index (χ1) is 7.33. The Hall–Kier alpha value is -1.04. The summed E-state index contributed by atoms with van der Waals surface area (Å²) in [6.45, 7) is 0.